The van der Waals surface area contributed by atoms with Crippen molar-refractivity contribution in [1.29, 1.82) is 0 Å². The van der Waals surface area contributed by atoms with Gasteiger partial charge < -0.3 is 5.32 Å². The molecule has 1 N–H and O–H groups in total. The summed E-state index contributed by atoms with van der Waals surface area (Å²) in [5.41, 5.74) is 3.12. The Kier molecular flexibility index (Phi) is 4.23. The zero-order chi connectivity index (χ0) is 14.9. The van der Waals surface area contributed by atoms with Crippen LogP contribution in [-0.2, 0) is 6.54 Å². The monoisotopic (exact) mass is 293 g/mol. The Morgan fingerprint density at radius 3 is 2.30 bits per heavy atom. The summed E-state index contributed by atoms with van der Waals surface area (Å²) in [7, 11) is 0. The Balaban J connectivity index is 2.21. The zero-order valence-electron chi connectivity index (χ0n) is 12.0. The molecule has 0 aliphatic heterocycles. The van der Waals surface area contributed by atoms with E-state index in [2.05, 4.69) is 15.3 Å². The van der Waals surface area contributed by atoms with Crippen LogP contribution in [0.5, 0.6) is 0 Å². The third-order valence-corrected chi connectivity index (χ3v) is 3.52. The van der Waals surface area contributed by atoms with Gasteiger partial charge in [-0.15, -0.1) is 0 Å². The van der Waals surface area contributed by atoms with Gasteiger partial charge >= 0.3 is 0 Å². The Labute approximate surface area is 123 Å². The van der Waals surface area contributed by atoms with Gasteiger partial charge in [0, 0.05) is 12.1 Å². The maximum atomic E-state index is 13.6. The highest BCUT2D eigenvalue weighted by Crippen LogP contribution is 2.21. The van der Waals surface area contributed by atoms with Crippen molar-refractivity contribution in [2.75, 3.05) is 5.32 Å². The molecule has 0 bridgehead atoms. The van der Waals surface area contributed by atoms with Gasteiger partial charge in [0.1, 0.15) is 22.6 Å². The van der Waals surface area contributed by atoms with Crippen LogP contribution in [0, 0.1) is 33.5 Å². The topological polar surface area (TPSA) is 37.8 Å². The van der Waals surface area contributed by atoms with E-state index >= 15 is 0 Å². The third kappa shape index (κ3) is 3.07. The summed E-state index contributed by atoms with van der Waals surface area (Å²) in [6, 6.07) is 3.67. The van der Waals surface area contributed by atoms with Crippen molar-refractivity contribution in [2.24, 2.45) is 0 Å². The summed E-state index contributed by atoms with van der Waals surface area (Å²) in [6.07, 6.45) is 0. The minimum Gasteiger partial charge on any atom is -0.366 e. The largest absolute Gasteiger partial charge is 0.366 e. The highest BCUT2D eigenvalue weighted by atomic mass is 35.5. The second kappa shape index (κ2) is 5.75. The lowest BCUT2D eigenvalue weighted by molar-refractivity contribution is 0.608. The summed E-state index contributed by atoms with van der Waals surface area (Å²) < 4.78 is 13.6. The van der Waals surface area contributed by atoms with Crippen molar-refractivity contribution < 1.29 is 4.39 Å². The van der Waals surface area contributed by atoms with E-state index in [1.54, 1.807) is 20.8 Å². The van der Waals surface area contributed by atoms with E-state index in [1.165, 1.54) is 0 Å². The van der Waals surface area contributed by atoms with Gasteiger partial charge in [-0.1, -0.05) is 23.7 Å². The Morgan fingerprint density at radius 2 is 1.70 bits per heavy atom. The number of hydrogen-bond acceptors (Lipinski definition) is 3. The molecule has 106 valence electrons. The molecule has 5 heteroatoms. The molecule has 2 rings (SSSR count). The molecule has 0 saturated carbocycles. The average molecular weight is 294 g/mol. The lowest BCUT2D eigenvalue weighted by Gasteiger charge is -2.12. The number of nitrogens with one attached hydrogen (secondary N) is 1. The van der Waals surface area contributed by atoms with E-state index in [9.17, 15) is 4.39 Å². The minimum atomic E-state index is -0.147. The maximum Gasteiger partial charge on any atom is 0.137 e. The van der Waals surface area contributed by atoms with Crippen LogP contribution in [0.15, 0.2) is 12.1 Å². The molecule has 0 spiro atoms. The van der Waals surface area contributed by atoms with Crippen molar-refractivity contribution >= 4 is 17.4 Å². The van der Waals surface area contributed by atoms with Crippen LogP contribution in [0.1, 0.15) is 28.1 Å². The number of rotatable bonds is 3. The van der Waals surface area contributed by atoms with E-state index in [0.29, 0.717) is 34.5 Å². The minimum absolute atomic E-state index is 0.147. The van der Waals surface area contributed by atoms with Crippen molar-refractivity contribution in [1.82, 2.24) is 9.97 Å². The predicted molar refractivity (Wildman–Crippen MR) is 79.7 cm³/mol. The number of aromatic nitrogens is 2. The SMILES string of the molecule is Cc1nc(Cl)c(C)c(NCc2cc(C)c(F)c(C)c2)n1. The van der Waals surface area contributed by atoms with Gasteiger partial charge in [0.05, 0.1) is 0 Å². The molecule has 2 aromatic rings. The molecule has 1 heterocycles. The highest BCUT2D eigenvalue weighted by Gasteiger charge is 2.08. The lowest BCUT2D eigenvalue weighted by atomic mass is 10.1. The number of halogens is 2. The third-order valence-electron chi connectivity index (χ3n) is 3.15. The number of hydrogen-bond donors (Lipinski definition) is 1. The standard InChI is InChI=1S/C15H17ClFN3/c1-8-5-12(6-9(2)13(8)17)7-18-15-10(3)14(16)19-11(4)20-15/h5-6H,7H2,1-4H3,(H,18,19,20). The molecule has 0 atom stereocenters. The fourth-order valence-electron chi connectivity index (χ4n) is 2.09. The smallest absolute Gasteiger partial charge is 0.137 e. The fraction of sp³-hybridized carbons (Fsp3) is 0.333. The predicted octanol–water partition coefficient (Wildman–Crippen LogP) is 4.11. The Bertz CT molecular complexity index is 633. The number of benzene rings is 1. The first-order valence-corrected chi connectivity index (χ1v) is 6.76. The van der Waals surface area contributed by atoms with E-state index < -0.39 is 0 Å². The molecule has 3 nitrogen and oxygen atoms in total. The molecule has 0 aliphatic carbocycles. The van der Waals surface area contributed by atoms with Gasteiger partial charge in [-0.3, -0.25) is 0 Å². The molecule has 20 heavy (non-hydrogen) atoms. The highest BCUT2D eigenvalue weighted by molar-refractivity contribution is 6.30. The molecular weight excluding hydrogens is 277 g/mol. The summed E-state index contributed by atoms with van der Waals surface area (Å²) in [6.45, 7) is 7.76. The molecule has 1 aromatic carbocycles. The van der Waals surface area contributed by atoms with E-state index in [4.69, 9.17) is 11.6 Å². The van der Waals surface area contributed by atoms with Crippen LogP contribution < -0.4 is 5.32 Å². The van der Waals surface area contributed by atoms with Crippen molar-refractivity contribution in [2.45, 2.75) is 34.2 Å². The zero-order valence-corrected chi connectivity index (χ0v) is 12.8. The van der Waals surface area contributed by atoms with E-state index in [-0.39, 0.29) is 5.82 Å². The number of anilines is 1. The van der Waals surface area contributed by atoms with Crippen LogP contribution in [-0.4, -0.2) is 9.97 Å². The van der Waals surface area contributed by atoms with Gasteiger partial charge in [0.2, 0.25) is 0 Å². The van der Waals surface area contributed by atoms with Crippen LogP contribution >= 0.6 is 11.6 Å². The van der Waals surface area contributed by atoms with Crippen LogP contribution in [0.3, 0.4) is 0 Å². The van der Waals surface area contributed by atoms with Crippen molar-refractivity contribution in [3.8, 4) is 0 Å². The summed E-state index contributed by atoms with van der Waals surface area (Å²) in [5, 5.41) is 3.68. The van der Waals surface area contributed by atoms with Gasteiger partial charge in [0.25, 0.3) is 0 Å². The maximum absolute atomic E-state index is 13.6. The fourth-order valence-corrected chi connectivity index (χ4v) is 2.30. The second-order valence-electron chi connectivity index (χ2n) is 4.93. The lowest BCUT2D eigenvalue weighted by Crippen LogP contribution is -2.06. The molecule has 0 saturated heterocycles. The van der Waals surface area contributed by atoms with Crippen LogP contribution in [0.4, 0.5) is 10.2 Å². The molecule has 0 unspecified atom stereocenters. The quantitative estimate of drug-likeness (QED) is 0.865. The van der Waals surface area contributed by atoms with Crippen molar-refractivity contribution in [3.63, 3.8) is 0 Å². The van der Waals surface area contributed by atoms with Gasteiger partial charge in [-0.05, 0) is 44.4 Å². The van der Waals surface area contributed by atoms with Crippen molar-refractivity contribution in [3.05, 3.63) is 51.2 Å². The van der Waals surface area contributed by atoms with Gasteiger partial charge in [0.15, 0.2) is 0 Å². The first-order valence-electron chi connectivity index (χ1n) is 6.38. The molecule has 0 radical (unpaired) electrons. The van der Waals surface area contributed by atoms with Crippen LogP contribution in [0.2, 0.25) is 5.15 Å². The Morgan fingerprint density at radius 1 is 1.10 bits per heavy atom. The van der Waals surface area contributed by atoms with E-state index in [0.717, 1.165) is 11.1 Å². The van der Waals surface area contributed by atoms with E-state index in [1.807, 2.05) is 19.1 Å². The molecule has 1 aromatic heterocycles. The molecule has 0 fully saturated rings. The van der Waals surface area contributed by atoms with Crippen LogP contribution in [0.25, 0.3) is 0 Å². The molecule has 0 aliphatic rings. The first-order chi connectivity index (χ1) is 9.38. The summed E-state index contributed by atoms with van der Waals surface area (Å²) in [4.78, 5) is 8.42. The normalized spacial score (nSPS) is 10.7. The summed E-state index contributed by atoms with van der Waals surface area (Å²) in [5.74, 6) is 1.18. The number of nitrogens with zero attached hydrogens (tertiary/aromatic N) is 2. The van der Waals surface area contributed by atoms with Gasteiger partial charge in [-0.25, -0.2) is 14.4 Å². The summed E-state index contributed by atoms with van der Waals surface area (Å²) >= 11 is 6.03. The Hall–Kier alpha value is -1.68. The first kappa shape index (κ1) is 14.7. The second-order valence-corrected chi connectivity index (χ2v) is 5.29. The van der Waals surface area contributed by atoms with Gasteiger partial charge in [-0.2, -0.15) is 0 Å². The number of aryl methyl sites for hydroxylation is 3. The molecular formula is C15H17ClFN3. The molecule has 0 amide bonds. The average Bonchev–Trinajstić information content (AvgIpc) is 2.38.